The van der Waals surface area contributed by atoms with E-state index < -0.39 is 16.1 Å². The van der Waals surface area contributed by atoms with Gasteiger partial charge in [0.2, 0.25) is 5.91 Å². The normalized spacial score (nSPS) is 16.4. The number of sulfonamides is 1. The first-order chi connectivity index (χ1) is 12.5. The van der Waals surface area contributed by atoms with Gasteiger partial charge in [0, 0.05) is 18.0 Å². The number of ether oxygens (including phenoxy) is 1. The van der Waals surface area contributed by atoms with E-state index in [1.54, 1.807) is 17.0 Å². The number of nitrogens with zero attached hydrogens (tertiary/aromatic N) is 1. The Hall–Kier alpha value is -1.74. The molecule has 2 aromatic rings. The van der Waals surface area contributed by atoms with Crippen molar-refractivity contribution in [3.63, 3.8) is 0 Å². The molecule has 6 nitrogen and oxygen atoms in total. The summed E-state index contributed by atoms with van der Waals surface area (Å²) >= 11 is 1.19. The number of rotatable bonds is 6. The van der Waals surface area contributed by atoms with Crippen molar-refractivity contribution in [1.29, 1.82) is 0 Å². The van der Waals surface area contributed by atoms with Crippen LogP contribution in [-0.4, -0.2) is 51.6 Å². The van der Waals surface area contributed by atoms with Gasteiger partial charge in [-0.05, 0) is 31.0 Å². The van der Waals surface area contributed by atoms with E-state index in [2.05, 4.69) is 4.72 Å². The van der Waals surface area contributed by atoms with Crippen LogP contribution >= 0.6 is 11.3 Å². The fraction of sp³-hybridized carbons (Fsp3) is 0.389. The molecule has 1 aromatic carbocycles. The van der Waals surface area contributed by atoms with Gasteiger partial charge in [-0.25, -0.2) is 8.42 Å². The summed E-state index contributed by atoms with van der Waals surface area (Å²) < 4.78 is 33.6. The molecule has 0 saturated carbocycles. The lowest BCUT2D eigenvalue weighted by atomic mass is 10.1. The summed E-state index contributed by atoms with van der Waals surface area (Å²) in [5.41, 5.74) is 0.907. The van der Waals surface area contributed by atoms with Gasteiger partial charge in [-0.1, -0.05) is 30.3 Å². The van der Waals surface area contributed by atoms with Gasteiger partial charge in [-0.3, -0.25) is 4.79 Å². The monoisotopic (exact) mass is 394 g/mol. The van der Waals surface area contributed by atoms with Crippen LogP contribution < -0.4 is 4.72 Å². The summed E-state index contributed by atoms with van der Waals surface area (Å²) in [7, 11) is -3.75. The molecule has 1 fully saturated rings. The molecule has 1 amide bonds. The molecule has 1 N–H and O–H groups in total. The second-order valence-corrected chi connectivity index (χ2v) is 9.40. The Morgan fingerprint density at radius 2 is 1.88 bits per heavy atom. The van der Waals surface area contributed by atoms with Gasteiger partial charge in [-0.2, -0.15) is 4.72 Å². The highest BCUT2D eigenvalue weighted by atomic mass is 32.2. The molecule has 8 heteroatoms. The molecule has 0 unspecified atom stereocenters. The summed E-state index contributed by atoms with van der Waals surface area (Å²) in [6, 6.07) is 11.9. The molecule has 2 heterocycles. The van der Waals surface area contributed by atoms with E-state index >= 15 is 0 Å². The van der Waals surface area contributed by atoms with Crippen molar-refractivity contribution >= 4 is 27.3 Å². The van der Waals surface area contributed by atoms with Crippen LogP contribution in [0.1, 0.15) is 10.4 Å². The smallest absolute Gasteiger partial charge is 0.250 e. The van der Waals surface area contributed by atoms with Crippen molar-refractivity contribution in [3.8, 4) is 0 Å². The second-order valence-electron chi connectivity index (χ2n) is 6.17. The molecule has 1 aliphatic heterocycles. The van der Waals surface area contributed by atoms with Gasteiger partial charge in [0.05, 0.1) is 13.2 Å². The molecule has 26 heavy (non-hydrogen) atoms. The number of benzene rings is 1. The zero-order valence-corrected chi connectivity index (χ0v) is 16.2. The Morgan fingerprint density at radius 1 is 1.19 bits per heavy atom. The van der Waals surface area contributed by atoms with E-state index in [1.165, 1.54) is 11.3 Å². The minimum absolute atomic E-state index is 0.214. The number of aryl methyl sites for hydroxylation is 1. The first-order valence-corrected chi connectivity index (χ1v) is 10.7. The average molecular weight is 395 g/mol. The van der Waals surface area contributed by atoms with Crippen LogP contribution in [0.3, 0.4) is 0 Å². The Bertz CT molecular complexity index is 843. The van der Waals surface area contributed by atoms with Crippen LogP contribution in [0.25, 0.3) is 0 Å². The van der Waals surface area contributed by atoms with Crippen molar-refractivity contribution in [1.82, 2.24) is 9.62 Å². The zero-order valence-electron chi connectivity index (χ0n) is 14.6. The summed E-state index contributed by atoms with van der Waals surface area (Å²) in [6.07, 6.45) is 0.306. The number of hydrogen-bond donors (Lipinski definition) is 1. The minimum Gasteiger partial charge on any atom is -0.378 e. The molecule has 3 rings (SSSR count). The number of nitrogens with one attached hydrogen (secondary N) is 1. The van der Waals surface area contributed by atoms with E-state index in [9.17, 15) is 13.2 Å². The van der Waals surface area contributed by atoms with Crippen molar-refractivity contribution < 1.29 is 17.9 Å². The quantitative estimate of drug-likeness (QED) is 0.811. The number of carbonyl (C=O) groups excluding carboxylic acids is 1. The number of thiophene rings is 1. The molecule has 0 bridgehead atoms. The predicted octanol–water partition coefficient (Wildman–Crippen LogP) is 1.80. The van der Waals surface area contributed by atoms with E-state index in [-0.39, 0.29) is 10.1 Å². The van der Waals surface area contributed by atoms with E-state index in [0.29, 0.717) is 32.7 Å². The molecule has 1 saturated heterocycles. The van der Waals surface area contributed by atoms with Crippen LogP contribution in [0.2, 0.25) is 0 Å². The second kappa shape index (κ2) is 8.30. The summed E-state index contributed by atoms with van der Waals surface area (Å²) in [5.74, 6) is -0.214. The average Bonchev–Trinajstić information content (AvgIpc) is 3.09. The predicted molar refractivity (Wildman–Crippen MR) is 101 cm³/mol. The number of amides is 1. The zero-order chi connectivity index (χ0) is 18.6. The fourth-order valence-corrected chi connectivity index (χ4v) is 5.32. The standard InChI is InChI=1S/C18H22N2O4S2/c1-14-7-8-17(25-14)26(22,23)19-16(13-15-5-3-2-4-6-15)18(21)20-9-11-24-12-10-20/h2-8,16,19H,9-13H2,1H3/t16-/m0/s1. The lowest BCUT2D eigenvalue weighted by molar-refractivity contribution is -0.137. The Labute approximate surface area is 157 Å². The van der Waals surface area contributed by atoms with Gasteiger partial charge >= 0.3 is 0 Å². The summed E-state index contributed by atoms with van der Waals surface area (Å²) in [5, 5.41) is 0. The maximum atomic E-state index is 13.0. The van der Waals surface area contributed by atoms with E-state index in [1.807, 2.05) is 37.3 Å². The highest BCUT2D eigenvalue weighted by Crippen LogP contribution is 2.21. The molecule has 140 valence electrons. The lowest BCUT2D eigenvalue weighted by Crippen LogP contribution is -2.52. The molecule has 0 aliphatic carbocycles. The minimum atomic E-state index is -3.75. The van der Waals surface area contributed by atoms with Crippen molar-refractivity contribution in [3.05, 3.63) is 52.9 Å². The maximum absolute atomic E-state index is 13.0. The first-order valence-electron chi connectivity index (χ1n) is 8.45. The third-order valence-electron chi connectivity index (χ3n) is 4.18. The number of hydrogen-bond acceptors (Lipinski definition) is 5. The Kier molecular flexibility index (Phi) is 6.08. The van der Waals surface area contributed by atoms with Crippen molar-refractivity contribution in [2.45, 2.75) is 23.6 Å². The lowest BCUT2D eigenvalue weighted by Gasteiger charge is -2.30. The Balaban J connectivity index is 1.83. The highest BCUT2D eigenvalue weighted by molar-refractivity contribution is 7.91. The topological polar surface area (TPSA) is 75.7 Å². The molecule has 1 aliphatic rings. The van der Waals surface area contributed by atoms with Crippen LogP contribution in [0.4, 0.5) is 0 Å². The molecule has 0 spiro atoms. The Morgan fingerprint density at radius 3 is 2.50 bits per heavy atom. The molecule has 1 aromatic heterocycles. The maximum Gasteiger partial charge on any atom is 0.250 e. The largest absolute Gasteiger partial charge is 0.378 e. The van der Waals surface area contributed by atoms with Crippen LogP contribution in [0.5, 0.6) is 0 Å². The molecular formula is C18H22N2O4S2. The van der Waals surface area contributed by atoms with Gasteiger partial charge in [0.1, 0.15) is 10.3 Å². The fourth-order valence-electron chi connectivity index (χ4n) is 2.84. The third-order valence-corrected chi connectivity index (χ3v) is 7.15. The highest BCUT2D eigenvalue weighted by Gasteiger charge is 2.30. The van der Waals surface area contributed by atoms with Crippen molar-refractivity contribution in [2.24, 2.45) is 0 Å². The molecular weight excluding hydrogens is 372 g/mol. The van der Waals surface area contributed by atoms with Crippen LogP contribution in [-0.2, 0) is 26.0 Å². The summed E-state index contributed by atoms with van der Waals surface area (Å²) in [6.45, 7) is 3.75. The number of morpholine rings is 1. The van der Waals surface area contributed by atoms with Gasteiger partial charge in [-0.15, -0.1) is 11.3 Å². The first kappa shape index (κ1) is 19.0. The SMILES string of the molecule is Cc1ccc(S(=O)(=O)N[C@@H](Cc2ccccc2)C(=O)N2CCOCC2)s1. The number of carbonyl (C=O) groups is 1. The molecule has 1 atom stereocenters. The van der Waals surface area contributed by atoms with Gasteiger partial charge < -0.3 is 9.64 Å². The van der Waals surface area contributed by atoms with Gasteiger partial charge in [0.15, 0.2) is 0 Å². The van der Waals surface area contributed by atoms with Gasteiger partial charge in [0.25, 0.3) is 10.0 Å². The third kappa shape index (κ3) is 4.70. The summed E-state index contributed by atoms with van der Waals surface area (Å²) in [4.78, 5) is 15.5. The van der Waals surface area contributed by atoms with Crippen LogP contribution in [0, 0.1) is 6.92 Å². The van der Waals surface area contributed by atoms with E-state index in [4.69, 9.17) is 4.74 Å². The molecule has 0 radical (unpaired) electrons. The van der Waals surface area contributed by atoms with E-state index in [0.717, 1.165) is 10.4 Å². The van der Waals surface area contributed by atoms with Crippen LogP contribution in [0.15, 0.2) is 46.7 Å². The van der Waals surface area contributed by atoms with Crippen molar-refractivity contribution in [2.75, 3.05) is 26.3 Å².